The number of aliphatic hydroxyl groups is 1. The average molecular weight is 412 g/mol. The number of carbonyl (C=O) groups excluding carboxylic acids is 1. The van der Waals surface area contributed by atoms with Crippen LogP contribution < -0.4 is 0 Å². The summed E-state index contributed by atoms with van der Waals surface area (Å²) in [6.45, 7) is 9.72. The highest BCUT2D eigenvalue weighted by atomic mass is 16.3. The molecule has 4 saturated carbocycles. The molecule has 3 nitrogen and oxygen atoms in total. The predicted octanol–water partition coefficient (Wildman–Crippen LogP) is 5.78. The zero-order chi connectivity index (χ0) is 21.3. The lowest BCUT2D eigenvalue weighted by Gasteiger charge is -2.61. The van der Waals surface area contributed by atoms with E-state index in [2.05, 4.69) is 44.5 Å². The Kier molecular flexibility index (Phi) is 4.82. The SMILES string of the molecule is Cc1cccn1CC(=O)[C@H]1CC[C@H]2[C@@H]3CC[C@@H]4C[C@](C)(O)CC[C@]4(C)[C@H]3CC[C@]12C. The number of carbonyl (C=O) groups is 1. The van der Waals surface area contributed by atoms with Gasteiger partial charge in [0.15, 0.2) is 5.78 Å². The number of fused-ring (bicyclic) bond motifs is 5. The highest BCUT2D eigenvalue weighted by Crippen LogP contribution is 2.68. The summed E-state index contributed by atoms with van der Waals surface area (Å²) in [5, 5.41) is 10.7. The van der Waals surface area contributed by atoms with Gasteiger partial charge in [0.1, 0.15) is 0 Å². The fourth-order valence-electron chi connectivity index (χ4n) is 8.92. The van der Waals surface area contributed by atoms with Crippen LogP contribution in [0.15, 0.2) is 18.3 Å². The lowest BCUT2D eigenvalue weighted by Crippen LogP contribution is -2.55. The Morgan fingerprint density at radius 1 is 1.03 bits per heavy atom. The Morgan fingerprint density at radius 3 is 2.53 bits per heavy atom. The number of rotatable bonds is 3. The van der Waals surface area contributed by atoms with Crippen LogP contribution in [0, 0.1) is 47.3 Å². The van der Waals surface area contributed by atoms with E-state index >= 15 is 0 Å². The van der Waals surface area contributed by atoms with Crippen LogP contribution in [-0.4, -0.2) is 21.1 Å². The number of aromatic nitrogens is 1. The first-order chi connectivity index (χ1) is 14.1. The summed E-state index contributed by atoms with van der Waals surface area (Å²) in [7, 11) is 0. The molecular weight excluding hydrogens is 370 g/mol. The van der Waals surface area contributed by atoms with Crippen molar-refractivity contribution < 1.29 is 9.90 Å². The van der Waals surface area contributed by atoms with Gasteiger partial charge in [0.2, 0.25) is 0 Å². The van der Waals surface area contributed by atoms with Gasteiger partial charge in [0.25, 0.3) is 0 Å². The fraction of sp³-hybridized carbons (Fsp3) is 0.815. The molecule has 5 rings (SSSR count). The van der Waals surface area contributed by atoms with Gasteiger partial charge in [-0.3, -0.25) is 4.79 Å². The van der Waals surface area contributed by atoms with E-state index in [9.17, 15) is 9.90 Å². The second-order valence-corrected chi connectivity index (χ2v) is 12.3. The second-order valence-electron chi connectivity index (χ2n) is 12.3. The Morgan fingerprint density at radius 2 is 1.80 bits per heavy atom. The van der Waals surface area contributed by atoms with E-state index in [0.717, 1.165) is 37.0 Å². The number of ketones is 1. The normalized spacial score (nSPS) is 48.0. The third-order valence-corrected chi connectivity index (χ3v) is 10.7. The molecule has 1 N–H and O–H groups in total. The molecule has 30 heavy (non-hydrogen) atoms. The largest absolute Gasteiger partial charge is 0.390 e. The van der Waals surface area contributed by atoms with E-state index in [1.54, 1.807) is 0 Å². The topological polar surface area (TPSA) is 42.2 Å². The molecule has 1 heterocycles. The van der Waals surface area contributed by atoms with E-state index in [4.69, 9.17) is 0 Å². The first-order valence-corrected chi connectivity index (χ1v) is 12.5. The van der Waals surface area contributed by atoms with Crippen molar-refractivity contribution in [3.05, 3.63) is 24.0 Å². The van der Waals surface area contributed by atoms with E-state index < -0.39 is 5.60 Å². The van der Waals surface area contributed by atoms with Gasteiger partial charge in [-0.2, -0.15) is 0 Å². The Balaban J connectivity index is 1.35. The first kappa shape index (κ1) is 20.8. The predicted molar refractivity (Wildman–Crippen MR) is 120 cm³/mol. The van der Waals surface area contributed by atoms with Crippen molar-refractivity contribution >= 4 is 5.78 Å². The molecular formula is C27H41NO2. The minimum Gasteiger partial charge on any atom is -0.390 e. The molecule has 0 unspecified atom stereocenters. The summed E-state index contributed by atoms with van der Waals surface area (Å²) in [5.74, 6) is 3.69. The van der Waals surface area contributed by atoms with Crippen molar-refractivity contribution in [2.24, 2.45) is 40.4 Å². The first-order valence-electron chi connectivity index (χ1n) is 12.5. The molecule has 4 fully saturated rings. The van der Waals surface area contributed by atoms with Gasteiger partial charge in [-0.25, -0.2) is 0 Å². The molecule has 0 amide bonds. The van der Waals surface area contributed by atoms with Crippen LogP contribution in [-0.2, 0) is 11.3 Å². The van der Waals surface area contributed by atoms with Gasteiger partial charge >= 0.3 is 0 Å². The maximum Gasteiger partial charge on any atom is 0.156 e. The molecule has 4 aliphatic carbocycles. The van der Waals surface area contributed by atoms with E-state index in [1.165, 1.54) is 44.2 Å². The molecule has 8 atom stereocenters. The van der Waals surface area contributed by atoms with Gasteiger partial charge in [-0.15, -0.1) is 0 Å². The third-order valence-electron chi connectivity index (χ3n) is 10.7. The number of hydrogen-bond acceptors (Lipinski definition) is 2. The number of hydrogen-bond donors (Lipinski definition) is 1. The molecule has 4 aliphatic rings. The van der Waals surface area contributed by atoms with Crippen LogP contribution in [0.1, 0.15) is 84.3 Å². The standard InChI is InChI=1S/C27H41NO2/c1-18-6-5-15-28(18)17-24(29)23-10-9-21-20-8-7-19-16-25(2,30)13-14-26(19,3)22(20)11-12-27(21,23)4/h5-6,15,19-23,30H,7-14,16-17H2,1-4H3/t19-,20+,21+,22+,23-,25-,26+,27+/m1/s1. The molecule has 0 radical (unpaired) electrons. The molecule has 0 aliphatic heterocycles. The van der Waals surface area contributed by atoms with Crippen LogP contribution in [0.4, 0.5) is 0 Å². The molecule has 166 valence electrons. The van der Waals surface area contributed by atoms with Gasteiger partial charge < -0.3 is 9.67 Å². The summed E-state index contributed by atoms with van der Waals surface area (Å²) < 4.78 is 2.13. The molecule has 0 bridgehead atoms. The minimum absolute atomic E-state index is 0.197. The minimum atomic E-state index is -0.457. The average Bonchev–Trinajstić information content (AvgIpc) is 3.24. The molecule has 1 aromatic rings. The Labute approximate surface area is 182 Å². The number of nitrogens with zero attached hydrogens (tertiary/aromatic N) is 1. The monoisotopic (exact) mass is 411 g/mol. The highest BCUT2D eigenvalue weighted by molar-refractivity contribution is 5.82. The van der Waals surface area contributed by atoms with Crippen molar-refractivity contribution in [1.82, 2.24) is 4.57 Å². The van der Waals surface area contributed by atoms with Gasteiger partial charge in [-0.05, 0) is 118 Å². The van der Waals surface area contributed by atoms with Crippen LogP contribution in [0.3, 0.4) is 0 Å². The smallest absolute Gasteiger partial charge is 0.156 e. The zero-order valence-corrected chi connectivity index (χ0v) is 19.5. The van der Waals surface area contributed by atoms with Crippen LogP contribution in [0.25, 0.3) is 0 Å². The van der Waals surface area contributed by atoms with Crippen molar-refractivity contribution in [3.63, 3.8) is 0 Å². The summed E-state index contributed by atoms with van der Waals surface area (Å²) in [6, 6.07) is 4.14. The second kappa shape index (κ2) is 6.95. The van der Waals surface area contributed by atoms with Crippen LogP contribution in [0.5, 0.6) is 0 Å². The number of Topliss-reactive ketones (excluding diaryl/α,β-unsaturated/α-hetero) is 1. The summed E-state index contributed by atoms with van der Waals surface area (Å²) in [5.41, 5.74) is 1.33. The van der Waals surface area contributed by atoms with Crippen LogP contribution >= 0.6 is 0 Å². The van der Waals surface area contributed by atoms with Crippen LogP contribution in [0.2, 0.25) is 0 Å². The van der Waals surface area contributed by atoms with E-state index in [0.29, 0.717) is 23.7 Å². The van der Waals surface area contributed by atoms with Gasteiger partial charge in [0.05, 0.1) is 12.1 Å². The van der Waals surface area contributed by atoms with E-state index in [-0.39, 0.29) is 11.3 Å². The summed E-state index contributed by atoms with van der Waals surface area (Å²) in [4.78, 5) is 13.4. The fourth-order valence-corrected chi connectivity index (χ4v) is 8.92. The zero-order valence-electron chi connectivity index (χ0n) is 19.5. The van der Waals surface area contributed by atoms with Crippen molar-refractivity contribution in [2.75, 3.05) is 0 Å². The van der Waals surface area contributed by atoms with Crippen molar-refractivity contribution in [1.29, 1.82) is 0 Å². The summed E-state index contributed by atoms with van der Waals surface area (Å²) >= 11 is 0. The van der Waals surface area contributed by atoms with Gasteiger partial charge in [-0.1, -0.05) is 13.8 Å². The Hall–Kier alpha value is -1.09. The maximum absolute atomic E-state index is 13.4. The van der Waals surface area contributed by atoms with E-state index in [1.807, 2.05) is 6.07 Å². The Bertz CT molecular complexity index is 825. The number of aryl methyl sites for hydroxylation is 1. The molecule has 1 aromatic heterocycles. The molecule has 0 spiro atoms. The quantitative estimate of drug-likeness (QED) is 0.685. The highest BCUT2D eigenvalue weighted by Gasteiger charge is 2.61. The molecule has 3 heteroatoms. The van der Waals surface area contributed by atoms with Crippen molar-refractivity contribution in [2.45, 2.75) is 97.6 Å². The third kappa shape index (κ3) is 3.05. The lowest BCUT2D eigenvalue weighted by molar-refractivity contribution is -0.151. The molecule has 0 saturated heterocycles. The maximum atomic E-state index is 13.4. The summed E-state index contributed by atoms with van der Waals surface area (Å²) in [6.07, 6.45) is 12.6. The van der Waals surface area contributed by atoms with Crippen molar-refractivity contribution in [3.8, 4) is 0 Å². The molecule has 0 aromatic carbocycles. The lowest BCUT2D eigenvalue weighted by atomic mass is 9.44. The van der Waals surface area contributed by atoms with Gasteiger partial charge in [0, 0.05) is 17.8 Å².